The highest BCUT2D eigenvalue weighted by atomic mass is 16.5. The molecular formula is C17H34N2O2. The van der Waals surface area contributed by atoms with E-state index < -0.39 is 5.54 Å². The van der Waals surface area contributed by atoms with Crippen molar-refractivity contribution in [3.63, 3.8) is 0 Å². The molecule has 0 spiro atoms. The Labute approximate surface area is 130 Å². The largest absolute Gasteiger partial charge is 0.468 e. The van der Waals surface area contributed by atoms with Gasteiger partial charge < -0.3 is 9.64 Å². The lowest BCUT2D eigenvalue weighted by molar-refractivity contribution is -0.148. The van der Waals surface area contributed by atoms with Gasteiger partial charge in [-0.25, -0.2) is 0 Å². The van der Waals surface area contributed by atoms with Crippen LogP contribution in [0.2, 0.25) is 0 Å². The number of esters is 1. The number of nitrogens with zero attached hydrogens (tertiary/aromatic N) is 1. The molecule has 0 amide bonds. The van der Waals surface area contributed by atoms with E-state index in [0.717, 1.165) is 25.3 Å². The highest BCUT2D eigenvalue weighted by molar-refractivity contribution is 5.80. The normalized spacial score (nSPS) is 22.5. The minimum Gasteiger partial charge on any atom is -0.468 e. The zero-order valence-electron chi connectivity index (χ0n) is 14.6. The molecule has 0 aromatic carbocycles. The zero-order valence-corrected chi connectivity index (χ0v) is 14.6. The lowest BCUT2D eigenvalue weighted by atomic mass is 9.94. The molecule has 0 bridgehead atoms. The van der Waals surface area contributed by atoms with Gasteiger partial charge in [-0.1, -0.05) is 13.3 Å². The third-order valence-electron chi connectivity index (χ3n) is 4.46. The molecule has 1 fully saturated rings. The predicted molar refractivity (Wildman–Crippen MR) is 87.4 cm³/mol. The number of carbonyl (C=O) groups is 1. The first-order chi connectivity index (χ1) is 9.91. The SMILES string of the molecule is CCCC1CCN(CCCC(C)(NC(C)C)C(=O)OC)C1. The van der Waals surface area contributed by atoms with E-state index in [2.05, 4.69) is 31.0 Å². The molecule has 1 N–H and O–H groups in total. The Bertz CT molecular complexity index is 320. The summed E-state index contributed by atoms with van der Waals surface area (Å²) in [6, 6.07) is 0.273. The Morgan fingerprint density at radius 2 is 2.19 bits per heavy atom. The number of carbonyl (C=O) groups excluding carboxylic acids is 1. The highest BCUT2D eigenvalue weighted by Crippen LogP contribution is 2.22. The van der Waals surface area contributed by atoms with Gasteiger partial charge in [-0.15, -0.1) is 0 Å². The second kappa shape index (κ2) is 8.74. The number of nitrogens with one attached hydrogen (secondary N) is 1. The average molecular weight is 298 g/mol. The molecule has 4 nitrogen and oxygen atoms in total. The number of hydrogen-bond acceptors (Lipinski definition) is 4. The first kappa shape index (κ1) is 18.4. The van der Waals surface area contributed by atoms with Crippen molar-refractivity contribution in [3.05, 3.63) is 0 Å². The van der Waals surface area contributed by atoms with Crippen LogP contribution in [0.5, 0.6) is 0 Å². The van der Waals surface area contributed by atoms with Gasteiger partial charge in [0, 0.05) is 12.6 Å². The maximum absolute atomic E-state index is 12.0. The highest BCUT2D eigenvalue weighted by Gasteiger charge is 2.34. The van der Waals surface area contributed by atoms with Gasteiger partial charge in [0.15, 0.2) is 0 Å². The van der Waals surface area contributed by atoms with Gasteiger partial charge in [0.1, 0.15) is 5.54 Å². The molecule has 2 unspecified atom stereocenters. The quantitative estimate of drug-likeness (QED) is 0.665. The second-order valence-corrected chi connectivity index (χ2v) is 6.97. The molecular weight excluding hydrogens is 264 g/mol. The van der Waals surface area contributed by atoms with E-state index in [4.69, 9.17) is 4.74 Å². The van der Waals surface area contributed by atoms with Gasteiger partial charge in [0.05, 0.1) is 7.11 Å². The maximum atomic E-state index is 12.0. The molecule has 0 radical (unpaired) electrons. The molecule has 1 saturated heterocycles. The Morgan fingerprint density at radius 3 is 2.76 bits per heavy atom. The van der Waals surface area contributed by atoms with Gasteiger partial charge in [-0.3, -0.25) is 10.1 Å². The summed E-state index contributed by atoms with van der Waals surface area (Å²) in [4.78, 5) is 14.6. The monoisotopic (exact) mass is 298 g/mol. The Hall–Kier alpha value is -0.610. The molecule has 1 rings (SSSR count). The maximum Gasteiger partial charge on any atom is 0.325 e. The fraction of sp³-hybridized carbons (Fsp3) is 0.941. The molecule has 1 aliphatic heterocycles. The molecule has 0 aromatic heterocycles. The standard InChI is InChI=1S/C17H34N2O2/c1-6-8-15-9-12-19(13-15)11-7-10-17(4,16(20)21-5)18-14(2)3/h14-15,18H,6-13H2,1-5H3. The van der Waals surface area contributed by atoms with Gasteiger partial charge in [-0.2, -0.15) is 0 Å². The number of likely N-dealkylation sites (tertiary alicyclic amines) is 1. The van der Waals surface area contributed by atoms with Crippen LogP contribution in [0.25, 0.3) is 0 Å². The average Bonchev–Trinajstić information content (AvgIpc) is 2.85. The van der Waals surface area contributed by atoms with E-state index in [9.17, 15) is 4.79 Å². The van der Waals surface area contributed by atoms with Crippen molar-refractivity contribution in [2.24, 2.45) is 5.92 Å². The molecule has 0 aliphatic carbocycles. The summed E-state index contributed by atoms with van der Waals surface area (Å²) in [5.41, 5.74) is -0.564. The first-order valence-electron chi connectivity index (χ1n) is 8.49. The van der Waals surface area contributed by atoms with Crippen LogP contribution in [0.4, 0.5) is 0 Å². The van der Waals surface area contributed by atoms with Crippen molar-refractivity contribution in [2.75, 3.05) is 26.7 Å². The van der Waals surface area contributed by atoms with Crippen LogP contribution in [-0.2, 0) is 9.53 Å². The number of ether oxygens (including phenoxy) is 1. The van der Waals surface area contributed by atoms with Crippen molar-refractivity contribution >= 4 is 5.97 Å². The molecule has 1 aliphatic rings. The van der Waals surface area contributed by atoms with E-state index in [1.165, 1.54) is 39.5 Å². The fourth-order valence-corrected chi connectivity index (χ4v) is 3.51. The van der Waals surface area contributed by atoms with E-state index in [0.29, 0.717) is 0 Å². The minimum absolute atomic E-state index is 0.151. The van der Waals surface area contributed by atoms with Crippen molar-refractivity contribution in [2.45, 2.75) is 71.4 Å². The van der Waals surface area contributed by atoms with Crippen molar-refractivity contribution < 1.29 is 9.53 Å². The van der Waals surface area contributed by atoms with Crippen LogP contribution < -0.4 is 5.32 Å². The van der Waals surface area contributed by atoms with Crippen molar-refractivity contribution in [1.82, 2.24) is 10.2 Å². The summed E-state index contributed by atoms with van der Waals surface area (Å²) in [7, 11) is 1.47. The lowest BCUT2D eigenvalue weighted by Crippen LogP contribution is -2.53. The van der Waals surface area contributed by atoms with E-state index in [1.807, 2.05) is 6.92 Å². The van der Waals surface area contributed by atoms with Gasteiger partial charge >= 0.3 is 5.97 Å². The third kappa shape index (κ3) is 5.95. The van der Waals surface area contributed by atoms with E-state index in [1.54, 1.807) is 0 Å². The summed E-state index contributed by atoms with van der Waals surface area (Å²) in [6.07, 6.45) is 5.84. The van der Waals surface area contributed by atoms with Crippen LogP contribution in [0.1, 0.15) is 59.8 Å². The number of methoxy groups -OCH3 is 1. The Kier molecular flexibility index (Phi) is 7.67. The molecule has 0 aromatic rings. The van der Waals surface area contributed by atoms with Crippen molar-refractivity contribution in [1.29, 1.82) is 0 Å². The number of rotatable bonds is 9. The molecule has 4 heteroatoms. The van der Waals surface area contributed by atoms with Crippen LogP contribution in [-0.4, -0.2) is 49.2 Å². The van der Waals surface area contributed by atoms with E-state index in [-0.39, 0.29) is 12.0 Å². The summed E-state index contributed by atoms with van der Waals surface area (Å²) in [5, 5.41) is 3.37. The van der Waals surface area contributed by atoms with Crippen LogP contribution in [0, 0.1) is 5.92 Å². The second-order valence-electron chi connectivity index (χ2n) is 6.97. The molecule has 2 atom stereocenters. The van der Waals surface area contributed by atoms with Gasteiger partial charge in [0.25, 0.3) is 0 Å². The predicted octanol–water partition coefficient (Wildman–Crippen LogP) is 2.82. The molecule has 1 heterocycles. The Balaban J connectivity index is 2.38. The van der Waals surface area contributed by atoms with Crippen LogP contribution in [0.15, 0.2) is 0 Å². The van der Waals surface area contributed by atoms with Crippen LogP contribution in [0.3, 0.4) is 0 Å². The summed E-state index contributed by atoms with van der Waals surface area (Å²) in [6.45, 7) is 11.9. The van der Waals surface area contributed by atoms with Crippen LogP contribution >= 0.6 is 0 Å². The Morgan fingerprint density at radius 1 is 1.48 bits per heavy atom. The van der Waals surface area contributed by atoms with E-state index >= 15 is 0 Å². The topological polar surface area (TPSA) is 41.6 Å². The zero-order chi connectivity index (χ0) is 15.9. The third-order valence-corrected chi connectivity index (χ3v) is 4.46. The fourth-order valence-electron chi connectivity index (χ4n) is 3.51. The first-order valence-corrected chi connectivity index (χ1v) is 8.49. The lowest BCUT2D eigenvalue weighted by Gasteiger charge is -2.31. The molecule has 124 valence electrons. The molecule has 21 heavy (non-hydrogen) atoms. The summed E-state index contributed by atoms with van der Waals surface area (Å²) >= 11 is 0. The van der Waals surface area contributed by atoms with Gasteiger partial charge in [0.2, 0.25) is 0 Å². The number of hydrogen-bond donors (Lipinski definition) is 1. The molecule has 0 saturated carbocycles. The summed E-state index contributed by atoms with van der Waals surface area (Å²) < 4.78 is 4.97. The van der Waals surface area contributed by atoms with Gasteiger partial charge in [-0.05, 0) is 65.5 Å². The van der Waals surface area contributed by atoms with Crippen molar-refractivity contribution in [3.8, 4) is 0 Å². The minimum atomic E-state index is -0.564. The smallest absolute Gasteiger partial charge is 0.325 e. The summed E-state index contributed by atoms with van der Waals surface area (Å²) in [5.74, 6) is 0.734.